The minimum absolute atomic E-state index is 0.0424. The van der Waals surface area contributed by atoms with Gasteiger partial charge < -0.3 is 14.8 Å². The number of hydrogen-bond donors (Lipinski definition) is 2. The van der Waals surface area contributed by atoms with Crippen LogP contribution in [0.5, 0.6) is 5.75 Å². The van der Waals surface area contributed by atoms with Gasteiger partial charge in [-0.25, -0.2) is 18.4 Å². The lowest BCUT2D eigenvalue weighted by Gasteiger charge is -2.16. The van der Waals surface area contributed by atoms with E-state index in [1.807, 2.05) is 0 Å². The minimum atomic E-state index is -4.00. The number of nitrogens with one attached hydrogen (secondary N) is 1. The molecule has 2 aromatic carbocycles. The number of nitrogens with two attached hydrogens (primary N) is 1. The number of amides is 1. The molecule has 0 aromatic heterocycles. The third-order valence-electron chi connectivity index (χ3n) is 4.12. The van der Waals surface area contributed by atoms with Crippen molar-refractivity contribution in [3.8, 4) is 5.75 Å². The molecule has 0 saturated carbocycles. The van der Waals surface area contributed by atoms with Crippen molar-refractivity contribution in [1.82, 2.24) is 0 Å². The first-order valence-corrected chi connectivity index (χ1v) is 10.4. The molecule has 29 heavy (non-hydrogen) atoms. The van der Waals surface area contributed by atoms with E-state index in [-0.39, 0.29) is 10.5 Å². The van der Waals surface area contributed by atoms with Crippen molar-refractivity contribution in [2.45, 2.75) is 31.8 Å². The molecule has 1 amide bonds. The van der Waals surface area contributed by atoms with E-state index in [1.165, 1.54) is 26.2 Å². The van der Waals surface area contributed by atoms with Crippen LogP contribution in [0.1, 0.15) is 28.4 Å². The van der Waals surface area contributed by atoms with Crippen LogP contribution in [0.3, 0.4) is 0 Å². The lowest BCUT2D eigenvalue weighted by atomic mass is 10.1. The van der Waals surface area contributed by atoms with Crippen molar-refractivity contribution < 1.29 is 27.5 Å². The van der Waals surface area contributed by atoms with Gasteiger partial charge in [0.1, 0.15) is 5.75 Å². The molecule has 1 unspecified atom stereocenters. The predicted molar refractivity (Wildman–Crippen MR) is 109 cm³/mol. The van der Waals surface area contributed by atoms with Crippen LogP contribution in [0.15, 0.2) is 35.2 Å². The van der Waals surface area contributed by atoms with Gasteiger partial charge >= 0.3 is 5.97 Å². The van der Waals surface area contributed by atoms with Gasteiger partial charge in [-0.3, -0.25) is 4.79 Å². The monoisotopic (exact) mass is 440 g/mol. The highest BCUT2D eigenvalue weighted by molar-refractivity contribution is 7.89. The standard InChI is InChI=1S/C19H21ClN2O6S/c1-10-5-6-13(8-17(10)29(21,25)26)19(24)28-12(3)18(23)22-15-7-11(2)14(20)9-16(15)27-4/h5-9,12H,1-4H3,(H,22,23)(H2,21,25,26). The fourth-order valence-electron chi connectivity index (χ4n) is 2.48. The third kappa shape index (κ3) is 5.47. The molecule has 0 aliphatic heterocycles. The first-order valence-electron chi connectivity index (χ1n) is 8.43. The summed E-state index contributed by atoms with van der Waals surface area (Å²) in [6.45, 7) is 4.70. The van der Waals surface area contributed by atoms with Gasteiger partial charge in [0.05, 0.1) is 23.3 Å². The van der Waals surface area contributed by atoms with Crippen LogP contribution < -0.4 is 15.2 Å². The van der Waals surface area contributed by atoms with E-state index in [4.69, 9.17) is 26.2 Å². The molecule has 3 N–H and O–H groups in total. The summed E-state index contributed by atoms with van der Waals surface area (Å²) in [5, 5.41) is 8.24. The molecule has 0 saturated heterocycles. The van der Waals surface area contributed by atoms with Gasteiger partial charge in [-0.15, -0.1) is 0 Å². The Bertz CT molecular complexity index is 1070. The first kappa shape index (κ1) is 22.7. The van der Waals surface area contributed by atoms with Crippen LogP contribution >= 0.6 is 11.6 Å². The van der Waals surface area contributed by atoms with Crippen LogP contribution in [-0.2, 0) is 19.6 Å². The van der Waals surface area contributed by atoms with Crippen molar-refractivity contribution in [1.29, 1.82) is 0 Å². The van der Waals surface area contributed by atoms with Gasteiger partial charge in [0.2, 0.25) is 10.0 Å². The molecule has 8 nitrogen and oxygen atoms in total. The fourth-order valence-corrected chi connectivity index (χ4v) is 3.44. The summed E-state index contributed by atoms with van der Waals surface area (Å²) in [5.74, 6) is -1.11. The zero-order valence-corrected chi connectivity index (χ0v) is 17.8. The molecule has 156 valence electrons. The number of ether oxygens (including phenoxy) is 2. The Morgan fingerprint density at radius 1 is 1.14 bits per heavy atom. The summed E-state index contributed by atoms with van der Waals surface area (Å²) < 4.78 is 33.6. The van der Waals surface area contributed by atoms with E-state index < -0.39 is 28.0 Å². The molecule has 0 heterocycles. The number of carbonyl (C=O) groups excluding carboxylic acids is 2. The van der Waals surface area contributed by atoms with E-state index >= 15 is 0 Å². The second kappa shape index (κ2) is 8.81. The Morgan fingerprint density at radius 2 is 1.79 bits per heavy atom. The lowest BCUT2D eigenvalue weighted by Crippen LogP contribution is -2.30. The summed E-state index contributed by atoms with van der Waals surface area (Å²) in [6.07, 6.45) is -1.16. The Labute approximate surface area is 174 Å². The van der Waals surface area contributed by atoms with E-state index in [9.17, 15) is 18.0 Å². The van der Waals surface area contributed by atoms with Gasteiger partial charge in [0.25, 0.3) is 5.91 Å². The van der Waals surface area contributed by atoms with Gasteiger partial charge in [0.15, 0.2) is 6.10 Å². The molecular formula is C19H21ClN2O6S. The number of carbonyl (C=O) groups is 2. The predicted octanol–water partition coefficient (Wildman–Crippen LogP) is 2.80. The summed E-state index contributed by atoms with van der Waals surface area (Å²) in [7, 11) is -2.57. The minimum Gasteiger partial charge on any atom is -0.495 e. The molecule has 0 radical (unpaired) electrons. The van der Waals surface area contributed by atoms with Gasteiger partial charge in [0, 0.05) is 11.1 Å². The number of esters is 1. The number of halogens is 1. The van der Waals surface area contributed by atoms with Gasteiger partial charge in [-0.05, 0) is 50.1 Å². The fraction of sp³-hybridized carbons (Fsp3) is 0.263. The molecule has 0 aliphatic rings. The van der Waals surface area contributed by atoms with E-state index in [0.717, 1.165) is 11.6 Å². The second-order valence-corrected chi connectivity index (χ2v) is 8.30. The summed E-state index contributed by atoms with van der Waals surface area (Å²) in [6, 6.07) is 7.13. The van der Waals surface area contributed by atoms with Crippen molar-refractivity contribution >= 4 is 39.2 Å². The lowest BCUT2D eigenvalue weighted by molar-refractivity contribution is -0.123. The normalized spacial score (nSPS) is 12.2. The maximum atomic E-state index is 12.4. The van der Waals surface area contributed by atoms with E-state index in [0.29, 0.717) is 22.0 Å². The Balaban J connectivity index is 2.16. The Morgan fingerprint density at radius 3 is 2.38 bits per heavy atom. The number of hydrogen-bond acceptors (Lipinski definition) is 6. The smallest absolute Gasteiger partial charge is 0.338 e. The van der Waals surface area contributed by atoms with E-state index in [2.05, 4.69) is 5.32 Å². The maximum Gasteiger partial charge on any atom is 0.338 e. The first-order chi connectivity index (χ1) is 13.4. The largest absolute Gasteiger partial charge is 0.495 e. The quantitative estimate of drug-likeness (QED) is 0.665. The molecule has 0 fully saturated rings. The molecule has 1 atom stereocenters. The number of benzene rings is 2. The number of rotatable bonds is 6. The van der Waals surface area contributed by atoms with Crippen molar-refractivity contribution in [3.05, 3.63) is 52.0 Å². The zero-order valence-electron chi connectivity index (χ0n) is 16.3. The van der Waals surface area contributed by atoms with Crippen LogP contribution in [-0.4, -0.2) is 33.5 Å². The van der Waals surface area contributed by atoms with Crippen molar-refractivity contribution in [3.63, 3.8) is 0 Å². The number of methoxy groups -OCH3 is 1. The van der Waals surface area contributed by atoms with Crippen LogP contribution in [0, 0.1) is 13.8 Å². The number of aryl methyl sites for hydroxylation is 2. The SMILES string of the molecule is COc1cc(Cl)c(C)cc1NC(=O)C(C)OC(=O)c1ccc(C)c(S(N)(=O)=O)c1. The molecule has 0 aliphatic carbocycles. The third-order valence-corrected chi connectivity index (χ3v) is 5.58. The maximum absolute atomic E-state index is 12.4. The molecule has 0 bridgehead atoms. The summed E-state index contributed by atoms with van der Waals surface area (Å²) in [5.41, 5.74) is 1.44. The number of anilines is 1. The second-order valence-electron chi connectivity index (χ2n) is 6.36. The Hall–Kier alpha value is -2.62. The van der Waals surface area contributed by atoms with E-state index in [1.54, 1.807) is 26.0 Å². The molecular weight excluding hydrogens is 420 g/mol. The molecule has 10 heteroatoms. The Kier molecular flexibility index (Phi) is 6.89. The molecule has 0 spiro atoms. The van der Waals surface area contributed by atoms with Gasteiger partial charge in [-0.2, -0.15) is 0 Å². The molecule has 2 rings (SSSR count). The average Bonchev–Trinajstić information content (AvgIpc) is 2.63. The average molecular weight is 441 g/mol. The van der Waals surface area contributed by atoms with Crippen molar-refractivity contribution in [2.24, 2.45) is 5.14 Å². The van der Waals surface area contributed by atoms with Crippen molar-refractivity contribution in [2.75, 3.05) is 12.4 Å². The molecule has 2 aromatic rings. The van der Waals surface area contributed by atoms with Gasteiger partial charge in [-0.1, -0.05) is 17.7 Å². The van der Waals surface area contributed by atoms with Crippen LogP contribution in [0.4, 0.5) is 5.69 Å². The highest BCUT2D eigenvalue weighted by atomic mass is 35.5. The topological polar surface area (TPSA) is 125 Å². The highest BCUT2D eigenvalue weighted by Gasteiger charge is 2.22. The van der Waals surface area contributed by atoms with Crippen LogP contribution in [0.25, 0.3) is 0 Å². The highest BCUT2D eigenvalue weighted by Crippen LogP contribution is 2.31. The summed E-state index contributed by atoms with van der Waals surface area (Å²) in [4.78, 5) is 24.6. The number of primary sulfonamides is 1. The summed E-state index contributed by atoms with van der Waals surface area (Å²) >= 11 is 6.04. The zero-order chi connectivity index (χ0) is 21.9. The number of sulfonamides is 1. The van der Waals surface area contributed by atoms with Crippen LogP contribution in [0.2, 0.25) is 5.02 Å².